The van der Waals surface area contributed by atoms with E-state index in [-0.39, 0.29) is 6.04 Å². The summed E-state index contributed by atoms with van der Waals surface area (Å²) in [6, 6.07) is 17.7. The zero-order valence-electron chi connectivity index (χ0n) is 17.4. The summed E-state index contributed by atoms with van der Waals surface area (Å²) in [5.41, 5.74) is 3.53. The fourth-order valence-electron chi connectivity index (χ4n) is 3.46. The van der Waals surface area contributed by atoms with Crippen molar-refractivity contribution in [3.8, 4) is 11.3 Å². The van der Waals surface area contributed by atoms with Gasteiger partial charge in [0.25, 0.3) is 0 Å². The Hall–Kier alpha value is -3.54. The first-order valence-electron chi connectivity index (χ1n) is 10.0. The smallest absolute Gasteiger partial charge is 0.408 e. The van der Waals surface area contributed by atoms with Gasteiger partial charge in [-0.15, -0.1) is 0 Å². The number of carbonyl (C=O) groups excluding carboxylic acids is 1. The average Bonchev–Trinajstić information content (AvgIpc) is 3.35. The molecule has 0 spiro atoms. The lowest BCUT2D eigenvalue weighted by Gasteiger charge is -2.23. The van der Waals surface area contributed by atoms with Gasteiger partial charge in [-0.2, -0.15) is 0 Å². The maximum atomic E-state index is 12.5. The van der Waals surface area contributed by atoms with Crippen LogP contribution in [0, 0.1) is 0 Å². The van der Waals surface area contributed by atoms with Crippen molar-refractivity contribution in [2.45, 2.75) is 38.8 Å². The standard InChI is InChI=1S/C24H26N4O2/c1-24(2,3)30-23(29)28-20(13-17-14-25-19-12-8-7-11-18(17)19)22-26-15-21(27-22)16-9-5-4-6-10-16/h4-12,14-15,20,25H,13H2,1-3H3,(H,26,27)(H,28,29)/t20-/m0/s1. The Morgan fingerprint density at radius 2 is 1.83 bits per heavy atom. The zero-order valence-corrected chi connectivity index (χ0v) is 17.4. The molecule has 4 rings (SSSR count). The van der Waals surface area contributed by atoms with Gasteiger partial charge in [0.2, 0.25) is 0 Å². The number of nitrogens with one attached hydrogen (secondary N) is 3. The molecule has 3 N–H and O–H groups in total. The van der Waals surface area contributed by atoms with Gasteiger partial charge in [0.05, 0.1) is 17.9 Å². The van der Waals surface area contributed by atoms with E-state index in [4.69, 9.17) is 4.74 Å². The molecule has 1 atom stereocenters. The van der Waals surface area contributed by atoms with Crippen LogP contribution in [-0.4, -0.2) is 26.6 Å². The highest BCUT2D eigenvalue weighted by atomic mass is 16.6. The Balaban J connectivity index is 1.63. The predicted molar refractivity (Wildman–Crippen MR) is 118 cm³/mol. The van der Waals surface area contributed by atoms with Crippen molar-refractivity contribution >= 4 is 17.0 Å². The molecule has 2 aromatic carbocycles. The summed E-state index contributed by atoms with van der Waals surface area (Å²) in [5.74, 6) is 0.685. The van der Waals surface area contributed by atoms with E-state index in [1.54, 1.807) is 6.20 Å². The summed E-state index contributed by atoms with van der Waals surface area (Å²) in [6.45, 7) is 5.55. The first-order chi connectivity index (χ1) is 14.4. The van der Waals surface area contributed by atoms with Crippen molar-refractivity contribution < 1.29 is 9.53 Å². The van der Waals surface area contributed by atoms with Crippen molar-refractivity contribution in [1.82, 2.24) is 20.3 Å². The number of aromatic nitrogens is 3. The molecule has 0 saturated carbocycles. The lowest BCUT2D eigenvalue weighted by molar-refractivity contribution is 0.0501. The number of amides is 1. The highest BCUT2D eigenvalue weighted by Crippen LogP contribution is 2.25. The topological polar surface area (TPSA) is 82.8 Å². The third-order valence-electron chi connectivity index (χ3n) is 4.80. The number of hydrogen-bond donors (Lipinski definition) is 3. The van der Waals surface area contributed by atoms with E-state index in [1.165, 1.54) is 0 Å². The first kappa shape index (κ1) is 19.8. The van der Waals surface area contributed by atoms with E-state index in [9.17, 15) is 4.79 Å². The molecule has 4 aromatic rings. The van der Waals surface area contributed by atoms with E-state index in [1.807, 2.05) is 75.5 Å². The van der Waals surface area contributed by atoms with Crippen molar-refractivity contribution in [3.05, 3.63) is 78.4 Å². The minimum Gasteiger partial charge on any atom is -0.444 e. The summed E-state index contributed by atoms with van der Waals surface area (Å²) < 4.78 is 5.49. The van der Waals surface area contributed by atoms with Gasteiger partial charge in [-0.1, -0.05) is 48.5 Å². The van der Waals surface area contributed by atoms with E-state index in [2.05, 4.69) is 26.3 Å². The van der Waals surface area contributed by atoms with Crippen LogP contribution in [0.2, 0.25) is 0 Å². The fourth-order valence-corrected chi connectivity index (χ4v) is 3.46. The number of aromatic amines is 2. The summed E-state index contributed by atoms with van der Waals surface area (Å²) in [7, 11) is 0. The largest absolute Gasteiger partial charge is 0.444 e. The molecule has 0 fully saturated rings. The van der Waals surface area contributed by atoms with Gasteiger partial charge in [0.15, 0.2) is 0 Å². The van der Waals surface area contributed by atoms with Crippen LogP contribution in [0.4, 0.5) is 4.79 Å². The Bertz CT molecular complexity index is 1140. The molecular formula is C24H26N4O2. The first-order valence-corrected chi connectivity index (χ1v) is 10.0. The van der Waals surface area contributed by atoms with Gasteiger partial charge < -0.3 is 20.0 Å². The summed E-state index contributed by atoms with van der Waals surface area (Å²) >= 11 is 0. The number of benzene rings is 2. The van der Waals surface area contributed by atoms with Gasteiger partial charge in [-0.25, -0.2) is 9.78 Å². The molecule has 2 heterocycles. The summed E-state index contributed by atoms with van der Waals surface area (Å²) in [5, 5.41) is 4.12. The maximum absolute atomic E-state index is 12.5. The molecule has 6 nitrogen and oxygen atoms in total. The van der Waals surface area contributed by atoms with E-state index in [0.29, 0.717) is 12.2 Å². The molecule has 0 bridgehead atoms. The Morgan fingerprint density at radius 3 is 2.60 bits per heavy atom. The average molecular weight is 402 g/mol. The number of para-hydroxylation sites is 1. The number of H-pyrrole nitrogens is 2. The van der Waals surface area contributed by atoms with E-state index < -0.39 is 11.7 Å². The van der Waals surface area contributed by atoms with Crippen molar-refractivity contribution in [2.75, 3.05) is 0 Å². The Labute approximate surface area is 175 Å². The maximum Gasteiger partial charge on any atom is 0.408 e. The molecular weight excluding hydrogens is 376 g/mol. The van der Waals surface area contributed by atoms with Gasteiger partial charge in [0.1, 0.15) is 11.4 Å². The van der Waals surface area contributed by atoms with Crippen molar-refractivity contribution in [3.63, 3.8) is 0 Å². The minimum atomic E-state index is -0.576. The van der Waals surface area contributed by atoms with E-state index >= 15 is 0 Å². The van der Waals surface area contributed by atoms with Gasteiger partial charge in [-0.3, -0.25) is 0 Å². The number of ether oxygens (including phenoxy) is 1. The molecule has 6 heteroatoms. The van der Waals surface area contributed by atoms with Gasteiger partial charge in [-0.05, 0) is 38.0 Å². The predicted octanol–water partition coefficient (Wildman–Crippen LogP) is 5.37. The summed E-state index contributed by atoms with van der Waals surface area (Å²) in [6.07, 6.45) is 3.88. The monoisotopic (exact) mass is 402 g/mol. The number of hydrogen-bond acceptors (Lipinski definition) is 3. The fraction of sp³-hybridized carbons (Fsp3) is 0.250. The second-order valence-electron chi connectivity index (χ2n) is 8.31. The second-order valence-corrected chi connectivity index (χ2v) is 8.31. The third-order valence-corrected chi connectivity index (χ3v) is 4.80. The number of nitrogens with zero attached hydrogens (tertiary/aromatic N) is 1. The summed E-state index contributed by atoms with van der Waals surface area (Å²) in [4.78, 5) is 23.8. The Kier molecular flexibility index (Phi) is 5.31. The number of alkyl carbamates (subject to hydrolysis) is 1. The molecule has 1 amide bonds. The van der Waals surface area contributed by atoms with Crippen LogP contribution in [-0.2, 0) is 11.2 Å². The minimum absolute atomic E-state index is 0.364. The SMILES string of the molecule is CC(C)(C)OC(=O)N[C@@H](Cc1c[nH]c2ccccc12)c1ncc(-c2ccccc2)[nH]1. The highest BCUT2D eigenvalue weighted by Gasteiger charge is 2.24. The van der Waals surface area contributed by atoms with Crippen molar-refractivity contribution in [2.24, 2.45) is 0 Å². The van der Waals surface area contributed by atoms with Crippen LogP contribution < -0.4 is 5.32 Å². The van der Waals surface area contributed by atoms with Crippen LogP contribution in [0.1, 0.15) is 38.2 Å². The van der Waals surface area contributed by atoms with Gasteiger partial charge >= 0.3 is 6.09 Å². The molecule has 0 aliphatic rings. The van der Waals surface area contributed by atoms with Crippen molar-refractivity contribution in [1.29, 1.82) is 0 Å². The molecule has 30 heavy (non-hydrogen) atoms. The number of rotatable bonds is 5. The normalized spacial score (nSPS) is 12.6. The zero-order chi connectivity index (χ0) is 21.1. The number of fused-ring (bicyclic) bond motifs is 1. The number of carbonyl (C=O) groups is 1. The lowest BCUT2D eigenvalue weighted by atomic mass is 10.0. The second kappa shape index (κ2) is 8.06. The van der Waals surface area contributed by atoms with Crippen LogP contribution in [0.3, 0.4) is 0 Å². The van der Waals surface area contributed by atoms with E-state index in [0.717, 1.165) is 27.7 Å². The lowest BCUT2D eigenvalue weighted by Crippen LogP contribution is -2.36. The van der Waals surface area contributed by atoms with Crippen LogP contribution >= 0.6 is 0 Å². The van der Waals surface area contributed by atoms with Crippen LogP contribution in [0.5, 0.6) is 0 Å². The van der Waals surface area contributed by atoms with Crippen LogP contribution in [0.15, 0.2) is 67.0 Å². The molecule has 2 aromatic heterocycles. The molecule has 0 saturated heterocycles. The molecule has 0 unspecified atom stereocenters. The third kappa shape index (κ3) is 4.54. The highest BCUT2D eigenvalue weighted by molar-refractivity contribution is 5.83. The molecule has 0 aliphatic heterocycles. The molecule has 0 radical (unpaired) electrons. The Morgan fingerprint density at radius 1 is 1.10 bits per heavy atom. The molecule has 0 aliphatic carbocycles. The molecule has 154 valence electrons. The number of imidazole rings is 1. The quantitative estimate of drug-likeness (QED) is 0.420. The van der Waals surface area contributed by atoms with Gasteiger partial charge in [0, 0.05) is 23.5 Å². The van der Waals surface area contributed by atoms with Crippen LogP contribution in [0.25, 0.3) is 22.2 Å².